The number of hydrogen-bond donors (Lipinski definition) is 6. The SMILES string of the molecule is O=P(O)(O)C(CCCc1ccc(CCCc2ccccc2)cc1)S(=O)(=O)[O-].O=P(O)(O)C(CCCc1ccc(CCCc2ccccc2)cc1)S(=O)(=O)[O-].O=P(O)(O)C(CCCc1ccc(CCCc2ccccc2)cc1)S(=O)(=O)[O-].[K+].[K+].[K+]. The monoisotopic (exact) mass is 1350 g/mol. The van der Waals surface area contributed by atoms with Gasteiger partial charge in [-0.15, -0.1) is 0 Å². The van der Waals surface area contributed by atoms with Crippen molar-refractivity contribution < 1.29 is 236 Å². The van der Waals surface area contributed by atoms with Crippen molar-refractivity contribution >= 4 is 53.1 Å². The normalized spacial score (nSPS) is 13.0. The van der Waals surface area contributed by atoms with Gasteiger partial charge in [-0.05, 0) is 166 Å². The summed E-state index contributed by atoms with van der Waals surface area (Å²) in [7, 11) is -30.0. The first-order valence-electron chi connectivity index (χ1n) is 26.3. The Morgan fingerprint density at radius 1 is 0.274 bits per heavy atom. The molecule has 0 radical (unpaired) electrons. The Kier molecular flexibility index (Phi) is 40.3. The Morgan fingerprint density at radius 2 is 0.417 bits per heavy atom. The zero-order valence-electron chi connectivity index (χ0n) is 47.7. The van der Waals surface area contributed by atoms with Crippen molar-refractivity contribution in [3.63, 3.8) is 0 Å². The Labute approximate surface area is 623 Å². The molecule has 0 heterocycles. The molecule has 0 fully saturated rings. The summed E-state index contributed by atoms with van der Waals surface area (Å²) in [6, 6.07) is 54.4. The zero-order valence-corrected chi connectivity index (χ0v) is 62.2. The summed E-state index contributed by atoms with van der Waals surface area (Å²) in [5, 5.41) is 0. The second kappa shape index (κ2) is 41.1. The van der Waals surface area contributed by atoms with Crippen LogP contribution in [0.5, 0.6) is 0 Å². The number of benzene rings is 6. The molecule has 18 nitrogen and oxygen atoms in total. The summed E-state index contributed by atoms with van der Waals surface area (Å²) < 4.78 is 133. The molecular weight excluding hydrogens is 1280 g/mol. The van der Waals surface area contributed by atoms with Crippen molar-refractivity contribution in [3.8, 4) is 0 Å². The van der Waals surface area contributed by atoms with Crippen LogP contribution in [0, 0.1) is 0 Å². The van der Waals surface area contributed by atoms with Gasteiger partial charge in [-0.3, -0.25) is 13.7 Å². The van der Waals surface area contributed by atoms with E-state index in [2.05, 4.69) is 36.4 Å². The third-order valence-electron chi connectivity index (χ3n) is 13.3. The van der Waals surface area contributed by atoms with Crippen LogP contribution in [0.2, 0.25) is 0 Å². The van der Waals surface area contributed by atoms with Crippen molar-refractivity contribution in [2.45, 2.75) is 131 Å². The van der Waals surface area contributed by atoms with Crippen LogP contribution >= 0.6 is 22.8 Å². The largest absolute Gasteiger partial charge is 1.00 e. The van der Waals surface area contributed by atoms with Gasteiger partial charge in [0.25, 0.3) is 0 Å². The Balaban J connectivity index is 0.000000619. The van der Waals surface area contributed by atoms with Gasteiger partial charge < -0.3 is 43.0 Å². The molecule has 0 aliphatic rings. The van der Waals surface area contributed by atoms with Crippen LogP contribution in [-0.2, 0) is 102 Å². The van der Waals surface area contributed by atoms with Gasteiger partial charge in [0.05, 0.1) is 0 Å². The molecule has 0 saturated heterocycles. The second-order valence-electron chi connectivity index (χ2n) is 19.8. The Morgan fingerprint density at radius 3 is 0.560 bits per heavy atom. The maximum atomic E-state index is 11.2. The molecule has 6 aromatic rings. The van der Waals surface area contributed by atoms with Crippen LogP contribution in [0.1, 0.15) is 108 Å². The molecule has 0 amide bonds. The minimum absolute atomic E-state index is 0. The third-order valence-corrected chi connectivity index (χ3v) is 23.8. The van der Waals surface area contributed by atoms with Crippen LogP contribution < -0.4 is 154 Å². The van der Waals surface area contributed by atoms with Crippen LogP contribution in [0.25, 0.3) is 0 Å². The van der Waals surface area contributed by atoms with Gasteiger partial charge in [0.1, 0.15) is 30.4 Å². The molecule has 0 aliphatic heterocycles. The summed E-state index contributed by atoms with van der Waals surface area (Å²) >= 11 is 0. The van der Waals surface area contributed by atoms with E-state index >= 15 is 0 Å². The fraction of sp³-hybridized carbons (Fsp3) is 0.368. The average molecular weight is 1350 g/mol. The minimum atomic E-state index is -5.03. The number of aryl methyl sites for hydroxylation is 9. The summed E-state index contributed by atoms with van der Waals surface area (Å²) in [5.74, 6) is 0. The van der Waals surface area contributed by atoms with E-state index in [1.165, 1.54) is 33.4 Å². The van der Waals surface area contributed by atoms with Gasteiger partial charge in [0, 0.05) is 0 Å². The molecule has 6 N–H and O–H groups in total. The van der Waals surface area contributed by atoms with Gasteiger partial charge in [-0.25, -0.2) is 25.3 Å². The zero-order chi connectivity index (χ0) is 59.7. The first-order valence-corrected chi connectivity index (χ1v) is 35.8. The van der Waals surface area contributed by atoms with Crippen LogP contribution in [0.15, 0.2) is 164 Å². The van der Waals surface area contributed by atoms with Crippen LogP contribution in [0.3, 0.4) is 0 Å². The summed E-state index contributed by atoms with van der Waals surface area (Å²) in [6.07, 6.45) is 9.93. The molecule has 0 saturated carbocycles. The van der Waals surface area contributed by atoms with Crippen molar-refractivity contribution in [2.75, 3.05) is 0 Å². The minimum Gasteiger partial charge on any atom is -0.747 e. The fourth-order valence-corrected chi connectivity index (χ4v) is 15.9. The quantitative estimate of drug-likeness (QED) is 0.0205. The first kappa shape index (κ1) is 82.4. The van der Waals surface area contributed by atoms with Crippen molar-refractivity contribution in [2.24, 2.45) is 0 Å². The Hall–Kier alpha value is 0.409. The van der Waals surface area contributed by atoms with Gasteiger partial charge in [-0.2, -0.15) is 0 Å². The topological polar surface area (TPSA) is 344 Å². The van der Waals surface area contributed by atoms with Crippen molar-refractivity contribution in [3.05, 3.63) is 214 Å². The van der Waals surface area contributed by atoms with Gasteiger partial charge >= 0.3 is 177 Å². The van der Waals surface area contributed by atoms with E-state index in [0.29, 0.717) is 19.3 Å². The van der Waals surface area contributed by atoms with Gasteiger partial charge in [-0.1, -0.05) is 164 Å². The van der Waals surface area contributed by atoms with E-state index in [-0.39, 0.29) is 193 Å². The van der Waals surface area contributed by atoms with Crippen LogP contribution in [-0.4, -0.2) is 83.2 Å². The third kappa shape index (κ3) is 34.2. The van der Waals surface area contributed by atoms with Gasteiger partial charge in [0.15, 0.2) is 15.0 Å². The summed E-state index contributed by atoms with van der Waals surface area (Å²) in [6.45, 7) is 0. The number of hydrogen-bond acceptors (Lipinski definition) is 12. The standard InChI is InChI=1S/3C19H25O6PS.3K/c3*20-26(21,22)19(27(23,24)25)11-5-10-18-14-12-17(13-15-18)9-4-8-16-6-2-1-3-7-16;;;/h3*1-3,6-7,12-15,19H,4-5,8-11H2,(H2,20,21,22)(H,23,24,25);;;/q;;;3*+1/p-3. The molecule has 0 spiro atoms. The maximum Gasteiger partial charge on any atom is 1.00 e. The van der Waals surface area contributed by atoms with E-state index in [0.717, 1.165) is 74.5 Å². The predicted octanol–water partition coefficient (Wildman–Crippen LogP) is 0.713. The smallest absolute Gasteiger partial charge is 0.747 e. The molecular formula is C57H72K3O18P3S3. The molecule has 27 heteroatoms. The Bertz CT molecular complexity index is 2950. The molecule has 444 valence electrons. The molecule has 6 aromatic carbocycles. The van der Waals surface area contributed by atoms with E-state index in [9.17, 15) is 52.6 Å². The molecule has 3 unspecified atom stereocenters. The van der Waals surface area contributed by atoms with Crippen molar-refractivity contribution in [1.29, 1.82) is 0 Å². The maximum absolute atomic E-state index is 11.2. The van der Waals surface area contributed by atoms with E-state index < -0.39 is 68.1 Å². The summed E-state index contributed by atoms with van der Waals surface area (Å²) in [4.78, 5) is 47.8. The molecule has 0 aromatic heterocycles. The van der Waals surface area contributed by atoms with E-state index in [4.69, 9.17) is 29.4 Å². The number of rotatable bonds is 30. The van der Waals surface area contributed by atoms with Crippen molar-refractivity contribution in [1.82, 2.24) is 0 Å². The predicted molar refractivity (Wildman–Crippen MR) is 310 cm³/mol. The molecule has 84 heavy (non-hydrogen) atoms. The fourth-order valence-electron chi connectivity index (χ4n) is 8.93. The summed E-state index contributed by atoms with van der Waals surface area (Å²) in [5.41, 5.74) is 10.3. The van der Waals surface area contributed by atoms with Crippen LogP contribution in [0.4, 0.5) is 0 Å². The van der Waals surface area contributed by atoms with E-state index in [1.54, 1.807) is 0 Å². The molecule has 6 rings (SSSR count). The second-order valence-corrected chi connectivity index (χ2v) is 30.9. The molecule has 0 aliphatic carbocycles. The van der Waals surface area contributed by atoms with E-state index in [1.807, 2.05) is 127 Å². The van der Waals surface area contributed by atoms with Gasteiger partial charge in [0.2, 0.25) is 0 Å². The molecule has 0 bridgehead atoms. The average Bonchev–Trinajstić information content (AvgIpc) is 3.53. The molecule has 3 atom stereocenters. The first-order chi connectivity index (χ1) is 38.0.